The van der Waals surface area contributed by atoms with Crippen LogP contribution in [0.2, 0.25) is 0 Å². The van der Waals surface area contributed by atoms with E-state index in [1.54, 1.807) is 34.4 Å². The van der Waals surface area contributed by atoms with Crippen molar-refractivity contribution in [2.45, 2.75) is 57.2 Å². The van der Waals surface area contributed by atoms with Gasteiger partial charge >= 0.3 is 0 Å². The van der Waals surface area contributed by atoms with Gasteiger partial charge in [0.05, 0.1) is 0 Å². The van der Waals surface area contributed by atoms with E-state index in [-0.39, 0.29) is 11.4 Å². The summed E-state index contributed by atoms with van der Waals surface area (Å²) in [6.45, 7) is 4.53. The molecule has 35 heavy (non-hydrogen) atoms. The quantitative estimate of drug-likeness (QED) is 0.445. The molecule has 0 bridgehead atoms. The number of H-pyrrole nitrogens is 1. The lowest BCUT2D eigenvalue weighted by Gasteiger charge is -2.25. The van der Waals surface area contributed by atoms with E-state index in [2.05, 4.69) is 26.1 Å². The molecule has 1 saturated heterocycles. The summed E-state index contributed by atoms with van der Waals surface area (Å²) < 4.78 is 19.2. The van der Waals surface area contributed by atoms with Crippen LogP contribution >= 0.6 is 0 Å². The molecule has 1 saturated carbocycles. The number of halogens is 1. The fourth-order valence-electron chi connectivity index (χ4n) is 5.43. The topological polar surface area (TPSA) is 71.7 Å². The van der Waals surface area contributed by atoms with Crippen molar-refractivity contribution in [3.05, 3.63) is 75.9 Å². The maximum absolute atomic E-state index is 15.9. The molecule has 0 amide bonds. The molecule has 1 aliphatic carbocycles. The molecule has 2 fully saturated rings. The number of aryl methyl sites for hydroxylation is 1. The minimum absolute atomic E-state index is 0.106. The van der Waals surface area contributed by atoms with E-state index in [0.717, 1.165) is 43.6 Å². The normalized spacial score (nSPS) is 18.7. The summed E-state index contributed by atoms with van der Waals surface area (Å²) in [6, 6.07) is 9.30. The maximum Gasteiger partial charge on any atom is 0.279 e. The van der Waals surface area contributed by atoms with Crippen LogP contribution in [0.25, 0.3) is 16.6 Å². The Morgan fingerprint density at radius 2 is 1.97 bits per heavy atom. The largest absolute Gasteiger partial charge is 0.353 e. The van der Waals surface area contributed by atoms with Gasteiger partial charge < -0.3 is 9.55 Å². The summed E-state index contributed by atoms with van der Waals surface area (Å²) in [5.41, 5.74) is 2.06. The highest BCUT2D eigenvalue weighted by Gasteiger charge is 2.34. The van der Waals surface area contributed by atoms with Gasteiger partial charge in [-0.2, -0.15) is 0 Å². The van der Waals surface area contributed by atoms with Crippen LogP contribution in [0.1, 0.15) is 67.6 Å². The number of pyridine rings is 1. The molecule has 0 radical (unpaired) electrons. The van der Waals surface area contributed by atoms with Gasteiger partial charge in [-0.15, -0.1) is 10.2 Å². The molecule has 8 heteroatoms. The summed E-state index contributed by atoms with van der Waals surface area (Å²) in [7, 11) is 1.73. The van der Waals surface area contributed by atoms with Gasteiger partial charge in [0, 0.05) is 36.6 Å². The van der Waals surface area contributed by atoms with Crippen molar-refractivity contribution in [3.63, 3.8) is 0 Å². The van der Waals surface area contributed by atoms with Crippen molar-refractivity contribution < 1.29 is 4.39 Å². The standard InChI is InChI=1S/C27H31FN6O/c1-27(28,26-31-29-17-32(26)2)19-7-6-8-21(13-19)34-16-23(18-9-10-18)22-14-20(30-24(22)25(34)35)15-33-11-4-3-5-12-33/h6-8,13-14,16-18,30H,3-5,9-12,15H2,1-2H3. The number of fused-ring (bicyclic) bond motifs is 1. The van der Waals surface area contributed by atoms with Gasteiger partial charge in [-0.25, -0.2) is 4.39 Å². The van der Waals surface area contributed by atoms with Gasteiger partial charge in [0.15, 0.2) is 11.5 Å². The van der Waals surface area contributed by atoms with Crippen LogP contribution in [0, 0.1) is 0 Å². The van der Waals surface area contributed by atoms with Gasteiger partial charge in [0.25, 0.3) is 5.56 Å². The molecule has 1 N–H and O–H groups in total. The fraction of sp³-hybridized carbons (Fsp3) is 0.444. The molecule has 182 valence electrons. The summed E-state index contributed by atoms with van der Waals surface area (Å²) in [5, 5.41) is 8.85. The lowest BCUT2D eigenvalue weighted by molar-refractivity contribution is 0.219. The third-order valence-electron chi connectivity index (χ3n) is 7.54. The average molecular weight is 475 g/mol. The number of nitrogens with zero attached hydrogens (tertiary/aromatic N) is 5. The lowest BCUT2D eigenvalue weighted by Crippen LogP contribution is -2.29. The number of likely N-dealkylation sites (tertiary alicyclic amines) is 1. The number of benzene rings is 1. The van der Waals surface area contributed by atoms with E-state index >= 15 is 4.39 Å². The van der Waals surface area contributed by atoms with Crippen LogP contribution < -0.4 is 5.56 Å². The molecule has 4 heterocycles. The smallest absolute Gasteiger partial charge is 0.279 e. The van der Waals surface area contributed by atoms with Crippen molar-refractivity contribution in [1.29, 1.82) is 0 Å². The summed E-state index contributed by atoms with van der Waals surface area (Å²) in [5.74, 6) is 0.694. The molecular formula is C27H31FN6O. The van der Waals surface area contributed by atoms with E-state index < -0.39 is 5.67 Å². The van der Waals surface area contributed by atoms with Gasteiger partial charge in [-0.3, -0.25) is 14.3 Å². The van der Waals surface area contributed by atoms with E-state index in [9.17, 15) is 4.79 Å². The van der Waals surface area contributed by atoms with Crippen LogP contribution in [0.3, 0.4) is 0 Å². The minimum atomic E-state index is -1.84. The first-order valence-corrected chi connectivity index (χ1v) is 12.6. The number of nitrogens with one attached hydrogen (secondary N) is 1. The SMILES string of the molecule is Cn1cnnc1C(C)(F)c1cccc(-n2cc(C3CC3)c3cc(CN4CCCCC4)[nH]c3c2=O)c1. The third-order valence-corrected chi connectivity index (χ3v) is 7.54. The van der Waals surface area contributed by atoms with Gasteiger partial charge in [0.2, 0.25) is 0 Å². The number of hydrogen-bond acceptors (Lipinski definition) is 4. The zero-order chi connectivity index (χ0) is 24.2. The van der Waals surface area contributed by atoms with Crippen molar-refractivity contribution in [1.82, 2.24) is 29.2 Å². The number of aromatic nitrogens is 5. The molecule has 6 rings (SSSR count). The molecule has 1 aliphatic heterocycles. The summed E-state index contributed by atoms with van der Waals surface area (Å²) in [4.78, 5) is 19.6. The first-order valence-electron chi connectivity index (χ1n) is 12.6. The Hall–Kier alpha value is -3.26. The highest BCUT2D eigenvalue weighted by molar-refractivity contribution is 5.84. The van der Waals surface area contributed by atoms with Gasteiger partial charge in [-0.05, 0) is 80.9 Å². The molecule has 3 aromatic heterocycles. The Labute approximate surface area is 203 Å². The third kappa shape index (κ3) is 3.99. The van der Waals surface area contributed by atoms with E-state index in [1.807, 2.05) is 12.3 Å². The van der Waals surface area contributed by atoms with Crippen LogP contribution in [-0.4, -0.2) is 42.3 Å². The van der Waals surface area contributed by atoms with Crippen molar-refractivity contribution >= 4 is 10.9 Å². The van der Waals surface area contributed by atoms with Gasteiger partial charge in [0.1, 0.15) is 11.8 Å². The first-order chi connectivity index (χ1) is 16.9. The highest BCUT2D eigenvalue weighted by Crippen LogP contribution is 2.43. The Bertz CT molecular complexity index is 1440. The molecule has 4 aromatic rings. The molecule has 2 aliphatic rings. The number of aromatic amines is 1. The van der Waals surface area contributed by atoms with Crippen molar-refractivity contribution in [2.75, 3.05) is 13.1 Å². The Balaban J connectivity index is 1.43. The Kier molecular flexibility index (Phi) is 5.36. The predicted molar refractivity (Wildman–Crippen MR) is 134 cm³/mol. The van der Waals surface area contributed by atoms with E-state index in [0.29, 0.717) is 22.7 Å². The second kappa shape index (κ2) is 8.45. The number of piperidine rings is 1. The molecule has 1 unspecified atom stereocenters. The number of rotatable bonds is 6. The molecular weight excluding hydrogens is 443 g/mol. The minimum Gasteiger partial charge on any atom is -0.353 e. The second-order valence-electron chi connectivity index (χ2n) is 10.3. The molecule has 7 nitrogen and oxygen atoms in total. The van der Waals surface area contributed by atoms with Crippen LogP contribution in [0.5, 0.6) is 0 Å². The lowest BCUT2D eigenvalue weighted by atomic mass is 9.96. The molecule has 0 spiro atoms. The highest BCUT2D eigenvalue weighted by atomic mass is 19.1. The van der Waals surface area contributed by atoms with Gasteiger partial charge in [-0.1, -0.05) is 18.6 Å². The van der Waals surface area contributed by atoms with Crippen LogP contribution in [0.15, 0.2) is 47.7 Å². The Morgan fingerprint density at radius 1 is 1.17 bits per heavy atom. The first kappa shape index (κ1) is 22.2. The zero-order valence-electron chi connectivity index (χ0n) is 20.3. The average Bonchev–Trinajstić information content (AvgIpc) is 3.46. The van der Waals surface area contributed by atoms with Crippen LogP contribution in [-0.2, 0) is 19.3 Å². The monoisotopic (exact) mass is 474 g/mol. The second-order valence-corrected chi connectivity index (χ2v) is 10.3. The maximum atomic E-state index is 15.9. The predicted octanol–water partition coefficient (Wildman–Crippen LogP) is 4.54. The molecule has 1 atom stereocenters. The Morgan fingerprint density at radius 3 is 2.69 bits per heavy atom. The summed E-state index contributed by atoms with van der Waals surface area (Å²) >= 11 is 0. The van der Waals surface area contributed by atoms with Crippen molar-refractivity contribution in [2.24, 2.45) is 7.05 Å². The van der Waals surface area contributed by atoms with Crippen molar-refractivity contribution in [3.8, 4) is 5.69 Å². The van der Waals surface area contributed by atoms with Crippen LogP contribution in [0.4, 0.5) is 4.39 Å². The zero-order valence-corrected chi connectivity index (χ0v) is 20.3. The summed E-state index contributed by atoms with van der Waals surface area (Å²) in [6.07, 6.45) is 9.50. The fourth-order valence-corrected chi connectivity index (χ4v) is 5.43. The van der Waals surface area contributed by atoms with E-state index in [4.69, 9.17) is 0 Å². The number of hydrogen-bond donors (Lipinski definition) is 1. The number of alkyl halides is 1. The van der Waals surface area contributed by atoms with E-state index in [1.165, 1.54) is 38.1 Å². The molecule has 1 aromatic carbocycles.